The average molecular weight is 413 g/mol. The molecule has 8 heteroatoms. The predicted octanol–water partition coefficient (Wildman–Crippen LogP) is 2.49. The summed E-state index contributed by atoms with van der Waals surface area (Å²) in [7, 11) is 0. The van der Waals surface area contributed by atoms with Crippen molar-refractivity contribution in [1.82, 2.24) is 9.80 Å². The van der Waals surface area contributed by atoms with E-state index in [0.29, 0.717) is 25.3 Å². The quantitative estimate of drug-likeness (QED) is 0.738. The van der Waals surface area contributed by atoms with Gasteiger partial charge < -0.3 is 10.1 Å². The Morgan fingerprint density at radius 2 is 1.63 bits per heavy atom. The fraction of sp³-hybridized carbons (Fsp3) is 0.273. The number of rotatable bonds is 6. The molecular weight excluding hydrogens is 392 g/mol. The molecule has 0 aromatic heterocycles. The molecule has 4 rings (SSSR count). The topological polar surface area (TPSA) is 61.9 Å². The number of hydrogen-bond donors (Lipinski definition) is 1. The van der Waals surface area contributed by atoms with Crippen LogP contribution in [0.5, 0.6) is 0 Å². The number of hydrogen-bond acceptors (Lipinski definition) is 5. The molecule has 0 saturated carbocycles. The highest BCUT2D eigenvalue weighted by Gasteiger charge is 2.39. The fourth-order valence-electron chi connectivity index (χ4n) is 3.55. The van der Waals surface area contributed by atoms with Crippen LogP contribution in [0.4, 0.5) is 14.5 Å². The number of carbonyl (C=O) groups excluding carboxylic acids is 2. The molecule has 30 heavy (non-hydrogen) atoms. The predicted molar refractivity (Wildman–Crippen MR) is 107 cm³/mol. The van der Waals surface area contributed by atoms with Gasteiger partial charge in [0.25, 0.3) is 11.8 Å². The Bertz CT molecular complexity index is 988. The van der Waals surface area contributed by atoms with Crippen molar-refractivity contribution >= 4 is 23.1 Å². The maximum atomic E-state index is 13.6. The van der Waals surface area contributed by atoms with Crippen LogP contribution in [0.15, 0.2) is 54.2 Å². The Kier molecular flexibility index (Phi) is 5.87. The summed E-state index contributed by atoms with van der Waals surface area (Å²) in [4.78, 5) is 29.6. The van der Waals surface area contributed by atoms with E-state index in [1.165, 1.54) is 11.0 Å². The van der Waals surface area contributed by atoms with Gasteiger partial charge in [-0.1, -0.05) is 30.3 Å². The van der Waals surface area contributed by atoms with Crippen molar-refractivity contribution < 1.29 is 23.1 Å². The smallest absolute Gasteiger partial charge is 0.278 e. The standard InChI is InChI=1S/C22H21F2N3O3/c23-17-7-6-16(14-18(17)24)25-20-19(15-4-2-1-3-5-15)21(28)27(22(20)29)9-8-26-10-12-30-13-11-26/h1-7,14,25H,8-13H2. The second-order valence-corrected chi connectivity index (χ2v) is 7.09. The molecule has 0 unspecified atom stereocenters. The Morgan fingerprint density at radius 1 is 0.900 bits per heavy atom. The largest absolute Gasteiger partial charge is 0.379 e. The zero-order valence-corrected chi connectivity index (χ0v) is 16.2. The van der Waals surface area contributed by atoms with Crippen LogP contribution in [0.25, 0.3) is 5.57 Å². The lowest BCUT2D eigenvalue weighted by molar-refractivity contribution is -0.137. The molecule has 2 aromatic rings. The second kappa shape index (κ2) is 8.73. The number of imide groups is 1. The average Bonchev–Trinajstić information content (AvgIpc) is 3.00. The van der Waals surface area contributed by atoms with E-state index < -0.39 is 23.4 Å². The molecule has 0 radical (unpaired) electrons. The van der Waals surface area contributed by atoms with Crippen LogP contribution in [0.3, 0.4) is 0 Å². The van der Waals surface area contributed by atoms with Crippen LogP contribution in [-0.2, 0) is 14.3 Å². The molecule has 2 aliphatic rings. The monoisotopic (exact) mass is 413 g/mol. The highest BCUT2D eigenvalue weighted by Crippen LogP contribution is 2.30. The van der Waals surface area contributed by atoms with E-state index >= 15 is 0 Å². The first kappa shape index (κ1) is 20.2. The van der Waals surface area contributed by atoms with E-state index in [2.05, 4.69) is 10.2 Å². The van der Waals surface area contributed by atoms with Crippen molar-refractivity contribution in [2.75, 3.05) is 44.7 Å². The van der Waals surface area contributed by atoms with Crippen LogP contribution in [-0.4, -0.2) is 61.0 Å². The summed E-state index contributed by atoms with van der Waals surface area (Å²) in [5, 5.41) is 2.83. The number of nitrogens with zero attached hydrogens (tertiary/aromatic N) is 2. The molecular formula is C22H21F2N3O3. The van der Waals surface area contributed by atoms with Crippen LogP contribution in [0.2, 0.25) is 0 Å². The maximum absolute atomic E-state index is 13.6. The van der Waals surface area contributed by atoms with Crippen LogP contribution < -0.4 is 5.32 Å². The van der Waals surface area contributed by atoms with Gasteiger partial charge in [-0.05, 0) is 17.7 Å². The number of amides is 2. The number of anilines is 1. The van der Waals surface area contributed by atoms with Gasteiger partial charge in [0.2, 0.25) is 0 Å². The molecule has 0 aliphatic carbocycles. The van der Waals surface area contributed by atoms with E-state index in [1.807, 2.05) is 6.07 Å². The number of halogens is 2. The highest BCUT2D eigenvalue weighted by molar-refractivity contribution is 6.36. The Morgan fingerprint density at radius 3 is 2.33 bits per heavy atom. The first-order valence-electron chi connectivity index (χ1n) is 9.72. The molecule has 2 aromatic carbocycles. The molecule has 2 amide bonds. The summed E-state index contributed by atoms with van der Waals surface area (Å²) in [6, 6.07) is 12.1. The number of carbonyl (C=O) groups is 2. The summed E-state index contributed by atoms with van der Waals surface area (Å²) in [6.45, 7) is 3.51. The zero-order valence-electron chi connectivity index (χ0n) is 16.2. The minimum Gasteiger partial charge on any atom is -0.379 e. The van der Waals surface area contributed by atoms with Crippen molar-refractivity contribution in [1.29, 1.82) is 0 Å². The van der Waals surface area contributed by atoms with Gasteiger partial charge >= 0.3 is 0 Å². The number of nitrogens with one attached hydrogen (secondary N) is 1. The summed E-state index contributed by atoms with van der Waals surface area (Å²) < 4.78 is 32.2. The van der Waals surface area contributed by atoms with Crippen molar-refractivity contribution in [2.45, 2.75) is 0 Å². The van der Waals surface area contributed by atoms with Gasteiger partial charge in [-0.3, -0.25) is 19.4 Å². The lowest BCUT2D eigenvalue weighted by Gasteiger charge is -2.28. The van der Waals surface area contributed by atoms with Gasteiger partial charge in [-0.2, -0.15) is 0 Å². The van der Waals surface area contributed by atoms with Gasteiger partial charge in [0.15, 0.2) is 11.6 Å². The molecule has 156 valence electrons. The zero-order chi connectivity index (χ0) is 21.1. The van der Waals surface area contributed by atoms with Crippen molar-refractivity contribution in [2.24, 2.45) is 0 Å². The third-order valence-electron chi connectivity index (χ3n) is 5.16. The van der Waals surface area contributed by atoms with Crippen molar-refractivity contribution in [3.63, 3.8) is 0 Å². The van der Waals surface area contributed by atoms with Crippen LogP contribution in [0, 0.1) is 11.6 Å². The van der Waals surface area contributed by atoms with Gasteiger partial charge in [-0.25, -0.2) is 8.78 Å². The maximum Gasteiger partial charge on any atom is 0.278 e. The van der Waals surface area contributed by atoms with E-state index in [9.17, 15) is 18.4 Å². The number of benzene rings is 2. The van der Waals surface area contributed by atoms with E-state index in [4.69, 9.17) is 4.74 Å². The van der Waals surface area contributed by atoms with Crippen LogP contribution >= 0.6 is 0 Å². The molecule has 0 atom stereocenters. The van der Waals surface area contributed by atoms with Gasteiger partial charge in [0, 0.05) is 37.9 Å². The molecule has 6 nitrogen and oxygen atoms in total. The third kappa shape index (κ3) is 4.10. The van der Waals surface area contributed by atoms with E-state index in [-0.39, 0.29) is 23.5 Å². The van der Waals surface area contributed by atoms with Gasteiger partial charge in [0.1, 0.15) is 5.70 Å². The SMILES string of the molecule is O=C1C(Nc2ccc(F)c(F)c2)=C(c2ccccc2)C(=O)N1CCN1CCOCC1. The minimum absolute atomic E-state index is 0.0548. The molecule has 1 N–H and O–H groups in total. The van der Waals surface area contributed by atoms with Crippen LogP contribution in [0.1, 0.15) is 5.56 Å². The van der Waals surface area contributed by atoms with Gasteiger partial charge in [-0.15, -0.1) is 0 Å². The summed E-state index contributed by atoms with van der Waals surface area (Å²) in [6.07, 6.45) is 0. The fourth-order valence-corrected chi connectivity index (χ4v) is 3.55. The Labute approximate surface area is 172 Å². The molecule has 2 aliphatic heterocycles. The molecule has 0 bridgehead atoms. The highest BCUT2D eigenvalue weighted by atomic mass is 19.2. The first-order valence-corrected chi connectivity index (χ1v) is 9.72. The van der Waals surface area contributed by atoms with E-state index in [1.54, 1.807) is 24.3 Å². The lowest BCUT2D eigenvalue weighted by Crippen LogP contribution is -2.43. The first-order chi connectivity index (χ1) is 14.5. The number of ether oxygens (including phenoxy) is 1. The summed E-state index contributed by atoms with van der Waals surface area (Å²) in [5.74, 6) is -2.93. The summed E-state index contributed by atoms with van der Waals surface area (Å²) >= 11 is 0. The molecule has 2 heterocycles. The lowest BCUT2D eigenvalue weighted by atomic mass is 10.0. The normalized spacial score (nSPS) is 17.7. The Balaban J connectivity index is 1.61. The third-order valence-corrected chi connectivity index (χ3v) is 5.16. The number of morpholine rings is 1. The Hall–Kier alpha value is -3.10. The molecule has 0 spiro atoms. The van der Waals surface area contributed by atoms with Gasteiger partial charge in [0.05, 0.1) is 18.8 Å². The summed E-state index contributed by atoms with van der Waals surface area (Å²) in [5.41, 5.74) is 1.04. The second-order valence-electron chi connectivity index (χ2n) is 7.09. The molecule has 1 saturated heterocycles. The molecule has 1 fully saturated rings. The van der Waals surface area contributed by atoms with Crippen molar-refractivity contribution in [3.05, 3.63) is 71.4 Å². The minimum atomic E-state index is -1.04. The van der Waals surface area contributed by atoms with Crippen molar-refractivity contribution in [3.8, 4) is 0 Å². The van der Waals surface area contributed by atoms with E-state index in [0.717, 1.165) is 25.2 Å².